The van der Waals surface area contributed by atoms with Crippen molar-refractivity contribution >= 4 is 11.6 Å². The highest BCUT2D eigenvalue weighted by Gasteiger charge is 2.22. The Morgan fingerprint density at radius 3 is 2.52 bits per heavy atom. The molecule has 3 nitrogen and oxygen atoms in total. The molecule has 4 heteroatoms. The first-order valence-corrected chi connectivity index (χ1v) is 8.38. The van der Waals surface area contributed by atoms with E-state index < -0.39 is 0 Å². The van der Waals surface area contributed by atoms with E-state index in [1.54, 1.807) is 7.11 Å². The molecule has 1 aliphatic heterocycles. The highest BCUT2D eigenvalue weighted by atomic mass is 35.5. The van der Waals surface area contributed by atoms with Gasteiger partial charge in [0.1, 0.15) is 0 Å². The van der Waals surface area contributed by atoms with Crippen LogP contribution in [0.4, 0.5) is 0 Å². The Bertz CT molecular complexity index is 482. The first-order chi connectivity index (χ1) is 10.3. The third-order valence-corrected chi connectivity index (χ3v) is 5.00. The quantitative estimate of drug-likeness (QED) is 0.897. The van der Waals surface area contributed by atoms with Crippen LogP contribution in [0.1, 0.15) is 37.7 Å². The lowest BCUT2D eigenvalue weighted by Crippen LogP contribution is -2.28. The molecule has 21 heavy (non-hydrogen) atoms. The number of piperidine rings is 1. The summed E-state index contributed by atoms with van der Waals surface area (Å²) in [6, 6.07) is 4.01. The highest BCUT2D eigenvalue weighted by molar-refractivity contribution is 6.31. The molecule has 1 aromatic carbocycles. The number of hydrogen-bond acceptors (Lipinski definition) is 3. The molecule has 1 N–H and O–H groups in total. The van der Waals surface area contributed by atoms with Crippen LogP contribution in [0.25, 0.3) is 0 Å². The van der Waals surface area contributed by atoms with Gasteiger partial charge in [0.2, 0.25) is 0 Å². The lowest BCUT2D eigenvalue weighted by Gasteiger charge is -2.28. The van der Waals surface area contributed by atoms with E-state index in [9.17, 15) is 0 Å². The summed E-state index contributed by atoms with van der Waals surface area (Å²) in [5, 5.41) is 4.21. The number of rotatable bonds is 5. The smallest absolute Gasteiger partial charge is 0.162 e. The van der Waals surface area contributed by atoms with Crippen LogP contribution < -0.4 is 14.8 Å². The standard InChI is InChI=1S/C17H24ClNO2/c1-20-16-11-15(18)13(9-12-5-7-19-8-6-12)10-17(16)21-14-3-2-4-14/h10-12,14,19H,2-9H2,1H3. The third-order valence-electron chi connectivity index (χ3n) is 4.65. The first-order valence-electron chi connectivity index (χ1n) is 8.00. The Hall–Kier alpha value is -0.930. The molecule has 1 aromatic rings. The predicted octanol–water partition coefficient (Wildman–Crippen LogP) is 3.82. The van der Waals surface area contributed by atoms with Crippen molar-refractivity contribution in [2.45, 2.75) is 44.6 Å². The molecule has 116 valence electrons. The maximum Gasteiger partial charge on any atom is 0.162 e. The molecular formula is C17H24ClNO2. The van der Waals surface area contributed by atoms with E-state index >= 15 is 0 Å². The number of benzene rings is 1. The summed E-state index contributed by atoms with van der Waals surface area (Å²) in [7, 11) is 1.67. The maximum absolute atomic E-state index is 6.43. The van der Waals surface area contributed by atoms with Crippen molar-refractivity contribution in [1.29, 1.82) is 0 Å². The zero-order chi connectivity index (χ0) is 14.7. The van der Waals surface area contributed by atoms with Gasteiger partial charge in [-0.25, -0.2) is 0 Å². The van der Waals surface area contributed by atoms with Gasteiger partial charge in [-0.3, -0.25) is 0 Å². The second kappa shape index (κ2) is 6.89. The summed E-state index contributed by atoms with van der Waals surface area (Å²) < 4.78 is 11.5. The Balaban J connectivity index is 1.76. The molecule has 1 saturated heterocycles. The molecule has 3 rings (SSSR count). The van der Waals surface area contributed by atoms with Gasteiger partial charge < -0.3 is 14.8 Å². The minimum atomic E-state index is 0.354. The van der Waals surface area contributed by atoms with Gasteiger partial charge in [0.05, 0.1) is 13.2 Å². The summed E-state index contributed by atoms with van der Waals surface area (Å²) in [6.45, 7) is 2.23. The van der Waals surface area contributed by atoms with Crippen LogP contribution in [0.2, 0.25) is 5.02 Å². The fourth-order valence-electron chi connectivity index (χ4n) is 3.05. The monoisotopic (exact) mass is 309 g/mol. The van der Waals surface area contributed by atoms with Crippen LogP contribution in [-0.2, 0) is 6.42 Å². The van der Waals surface area contributed by atoms with Crippen LogP contribution in [0.15, 0.2) is 12.1 Å². The lowest BCUT2D eigenvalue weighted by atomic mass is 9.91. The number of hydrogen-bond donors (Lipinski definition) is 1. The second-order valence-electron chi connectivity index (χ2n) is 6.16. The highest BCUT2D eigenvalue weighted by Crippen LogP contribution is 2.37. The van der Waals surface area contributed by atoms with Gasteiger partial charge in [0.25, 0.3) is 0 Å². The van der Waals surface area contributed by atoms with Gasteiger partial charge in [0, 0.05) is 11.1 Å². The van der Waals surface area contributed by atoms with E-state index in [0.717, 1.165) is 48.9 Å². The molecule has 1 saturated carbocycles. The van der Waals surface area contributed by atoms with Crippen molar-refractivity contribution < 1.29 is 9.47 Å². The fourth-order valence-corrected chi connectivity index (χ4v) is 3.28. The fraction of sp³-hybridized carbons (Fsp3) is 0.647. The van der Waals surface area contributed by atoms with Crippen LogP contribution in [0, 0.1) is 5.92 Å². The van der Waals surface area contributed by atoms with Crippen molar-refractivity contribution in [3.8, 4) is 11.5 Å². The average Bonchev–Trinajstić information content (AvgIpc) is 2.46. The van der Waals surface area contributed by atoms with Gasteiger partial charge in [-0.2, -0.15) is 0 Å². The van der Waals surface area contributed by atoms with Gasteiger partial charge in [-0.1, -0.05) is 11.6 Å². The molecule has 0 amide bonds. The molecule has 0 spiro atoms. The molecule has 1 heterocycles. The van der Waals surface area contributed by atoms with E-state index in [2.05, 4.69) is 11.4 Å². The Morgan fingerprint density at radius 1 is 1.14 bits per heavy atom. The van der Waals surface area contributed by atoms with E-state index in [-0.39, 0.29) is 0 Å². The zero-order valence-corrected chi connectivity index (χ0v) is 13.4. The van der Waals surface area contributed by atoms with Crippen molar-refractivity contribution in [3.05, 3.63) is 22.7 Å². The van der Waals surface area contributed by atoms with Crippen molar-refractivity contribution in [1.82, 2.24) is 5.32 Å². The molecule has 0 radical (unpaired) electrons. The Morgan fingerprint density at radius 2 is 1.90 bits per heavy atom. The lowest BCUT2D eigenvalue weighted by molar-refractivity contribution is 0.116. The number of halogens is 1. The van der Waals surface area contributed by atoms with Crippen LogP contribution in [0.5, 0.6) is 11.5 Å². The van der Waals surface area contributed by atoms with Crippen LogP contribution in [-0.4, -0.2) is 26.3 Å². The molecule has 0 bridgehead atoms. The molecule has 2 fully saturated rings. The van der Waals surface area contributed by atoms with Crippen molar-refractivity contribution in [2.75, 3.05) is 20.2 Å². The summed E-state index contributed by atoms with van der Waals surface area (Å²) >= 11 is 6.43. The Kier molecular flexibility index (Phi) is 4.91. The van der Waals surface area contributed by atoms with Crippen LogP contribution >= 0.6 is 11.6 Å². The van der Waals surface area contributed by atoms with Crippen molar-refractivity contribution in [3.63, 3.8) is 0 Å². The van der Waals surface area contributed by atoms with E-state index in [1.165, 1.54) is 24.8 Å². The van der Waals surface area contributed by atoms with Gasteiger partial charge in [-0.15, -0.1) is 0 Å². The van der Waals surface area contributed by atoms with Gasteiger partial charge in [0.15, 0.2) is 11.5 Å². The molecule has 2 aliphatic rings. The summed E-state index contributed by atoms with van der Waals surface area (Å²) in [5.41, 5.74) is 1.19. The average molecular weight is 310 g/mol. The predicted molar refractivity (Wildman–Crippen MR) is 85.6 cm³/mol. The summed E-state index contributed by atoms with van der Waals surface area (Å²) in [6.07, 6.45) is 7.40. The molecule has 0 atom stereocenters. The minimum absolute atomic E-state index is 0.354. The molecule has 1 aliphatic carbocycles. The number of ether oxygens (including phenoxy) is 2. The largest absolute Gasteiger partial charge is 0.493 e. The summed E-state index contributed by atoms with van der Waals surface area (Å²) in [5.74, 6) is 2.32. The maximum atomic E-state index is 6.43. The molecule has 0 aromatic heterocycles. The topological polar surface area (TPSA) is 30.5 Å². The van der Waals surface area contributed by atoms with E-state index in [0.29, 0.717) is 12.0 Å². The molecule has 0 unspecified atom stereocenters. The number of methoxy groups -OCH3 is 1. The van der Waals surface area contributed by atoms with Crippen LogP contribution in [0.3, 0.4) is 0 Å². The zero-order valence-electron chi connectivity index (χ0n) is 12.7. The summed E-state index contributed by atoms with van der Waals surface area (Å²) in [4.78, 5) is 0. The first kappa shape index (κ1) is 15.0. The number of nitrogens with one attached hydrogen (secondary N) is 1. The van der Waals surface area contributed by atoms with Crippen molar-refractivity contribution in [2.24, 2.45) is 5.92 Å². The molecular weight excluding hydrogens is 286 g/mol. The Labute approximate surface area is 132 Å². The van der Waals surface area contributed by atoms with Gasteiger partial charge in [-0.05, 0) is 69.2 Å². The minimum Gasteiger partial charge on any atom is -0.493 e. The SMILES string of the molecule is COc1cc(Cl)c(CC2CCNCC2)cc1OC1CCC1. The van der Waals surface area contributed by atoms with E-state index in [4.69, 9.17) is 21.1 Å². The normalized spacial score (nSPS) is 20.1. The second-order valence-corrected chi connectivity index (χ2v) is 6.57. The third kappa shape index (κ3) is 3.64. The van der Waals surface area contributed by atoms with Gasteiger partial charge >= 0.3 is 0 Å². The van der Waals surface area contributed by atoms with E-state index in [1.807, 2.05) is 6.07 Å².